The fraction of sp³-hybridized carbons (Fsp3) is 0.353. The van der Waals surface area contributed by atoms with Crippen LogP contribution in [0.3, 0.4) is 0 Å². The van der Waals surface area contributed by atoms with Crippen molar-refractivity contribution in [1.29, 1.82) is 0 Å². The van der Waals surface area contributed by atoms with Crippen LogP contribution in [0.4, 0.5) is 0 Å². The number of rotatable bonds is 3. The van der Waals surface area contributed by atoms with E-state index in [0.717, 1.165) is 24.8 Å². The highest BCUT2D eigenvalue weighted by Gasteiger charge is 2.44. The van der Waals surface area contributed by atoms with Crippen molar-refractivity contribution in [2.45, 2.75) is 37.2 Å². The average molecular weight is 302 g/mol. The van der Waals surface area contributed by atoms with Crippen LogP contribution in [-0.4, -0.2) is 16.2 Å². The molecular weight excluding hydrogens is 284 g/mol. The SMILES string of the molecule is O=C(O)c1ccsc1C1(O)CCCCC1c1ccccc1. The highest BCUT2D eigenvalue weighted by Crippen LogP contribution is 2.49. The molecule has 3 nitrogen and oxygen atoms in total. The van der Waals surface area contributed by atoms with Gasteiger partial charge in [0, 0.05) is 5.92 Å². The van der Waals surface area contributed by atoms with E-state index in [4.69, 9.17) is 0 Å². The quantitative estimate of drug-likeness (QED) is 0.901. The molecule has 110 valence electrons. The lowest BCUT2D eigenvalue weighted by Crippen LogP contribution is -2.36. The van der Waals surface area contributed by atoms with Crippen LogP contribution in [0.2, 0.25) is 0 Å². The molecule has 0 bridgehead atoms. The average Bonchev–Trinajstić information content (AvgIpc) is 2.99. The maximum absolute atomic E-state index is 11.4. The van der Waals surface area contributed by atoms with E-state index in [1.165, 1.54) is 11.3 Å². The summed E-state index contributed by atoms with van der Waals surface area (Å²) in [6.45, 7) is 0. The normalized spacial score (nSPS) is 25.7. The topological polar surface area (TPSA) is 57.5 Å². The fourth-order valence-corrected chi connectivity index (χ4v) is 4.44. The Morgan fingerprint density at radius 1 is 1.19 bits per heavy atom. The van der Waals surface area contributed by atoms with Crippen molar-refractivity contribution in [2.24, 2.45) is 0 Å². The van der Waals surface area contributed by atoms with Crippen LogP contribution in [0, 0.1) is 0 Å². The lowest BCUT2D eigenvalue weighted by molar-refractivity contribution is -0.0200. The highest BCUT2D eigenvalue weighted by atomic mass is 32.1. The van der Waals surface area contributed by atoms with E-state index in [-0.39, 0.29) is 11.5 Å². The summed E-state index contributed by atoms with van der Waals surface area (Å²) >= 11 is 1.35. The molecule has 1 aromatic carbocycles. The van der Waals surface area contributed by atoms with Crippen LogP contribution in [0.25, 0.3) is 0 Å². The summed E-state index contributed by atoms with van der Waals surface area (Å²) in [6, 6.07) is 11.5. The van der Waals surface area contributed by atoms with Gasteiger partial charge >= 0.3 is 5.97 Å². The molecule has 1 aliphatic carbocycles. The summed E-state index contributed by atoms with van der Waals surface area (Å²) in [6.07, 6.45) is 3.50. The fourth-order valence-electron chi connectivity index (χ4n) is 3.37. The molecule has 0 aliphatic heterocycles. The third kappa shape index (κ3) is 2.49. The van der Waals surface area contributed by atoms with Crippen LogP contribution in [0.1, 0.15) is 52.4 Å². The van der Waals surface area contributed by atoms with Gasteiger partial charge in [-0.15, -0.1) is 11.3 Å². The lowest BCUT2D eigenvalue weighted by Gasteiger charge is -2.40. The number of benzene rings is 1. The van der Waals surface area contributed by atoms with Crippen LogP contribution in [0.15, 0.2) is 41.8 Å². The molecule has 4 heteroatoms. The van der Waals surface area contributed by atoms with E-state index in [1.807, 2.05) is 30.3 Å². The summed E-state index contributed by atoms with van der Waals surface area (Å²) in [5.74, 6) is -0.999. The maximum Gasteiger partial charge on any atom is 0.336 e. The van der Waals surface area contributed by atoms with Gasteiger partial charge in [0.15, 0.2) is 0 Å². The smallest absolute Gasteiger partial charge is 0.336 e. The van der Waals surface area contributed by atoms with Crippen LogP contribution in [-0.2, 0) is 5.60 Å². The van der Waals surface area contributed by atoms with Crippen molar-refractivity contribution in [3.8, 4) is 0 Å². The monoisotopic (exact) mass is 302 g/mol. The van der Waals surface area contributed by atoms with E-state index in [9.17, 15) is 15.0 Å². The van der Waals surface area contributed by atoms with Gasteiger partial charge in [-0.3, -0.25) is 0 Å². The third-order valence-electron chi connectivity index (χ3n) is 4.37. The number of hydrogen-bond donors (Lipinski definition) is 2. The van der Waals surface area contributed by atoms with E-state index in [1.54, 1.807) is 11.4 Å². The number of carboxylic acids is 1. The molecule has 1 aliphatic rings. The predicted octanol–water partition coefficient (Wildman–Crippen LogP) is 3.99. The second-order valence-corrected chi connectivity index (χ2v) is 6.52. The van der Waals surface area contributed by atoms with Gasteiger partial charge in [0.05, 0.1) is 10.4 Å². The Kier molecular flexibility index (Phi) is 3.83. The van der Waals surface area contributed by atoms with Gasteiger partial charge in [-0.2, -0.15) is 0 Å². The third-order valence-corrected chi connectivity index (χ3v) is 5.45. The Balaban J connectivity index is 2.07. The first kappa shape index (κ1) is 14.3. The Labute approximate surface area is 127 Å². The molecule has 2 aromatic rings. The van der Waals surface area contributed by atoms with Crippen LogP contribution in [0.5, 0.6) is 0 Å². The minimum absolute atomic E-state index is 0.0378. The predicted molar refractivity (Wildman–Crippen MR) is 82.8 cm³/mol. The second-order valence-electron chi connectivity index (χ2n) is 5.60. The Hall–Kier alpha value is -1.65. The van der Waals surface area contributed by atoms with Crippen LogP contribution >= 0.6 is 11.3 Å². The number of hydrogen-bond acceptors (Lipinski definition) is 3. The van der Waals surface area contributed by atoms with E-state index >= 15 is 0 Å². The summed E-state index contributed by atoms with van der Waals surface area (Å²) < 4.78 is 0. The summed E-state index contributed by atoms with van der Waals surface area (Å²) in [5.41, 5.74) is 0.261. The number of aliphatic hydroxyl groups is 1. The molecule has 1 saturated carbocycles. The summed E-state index contributed by atoms with van der Waals surface area (Å²) in [5, 5.41) is 22.4. The standard InChI is InChI=1S/C17H18O3S/c18-16(19)13-9-11-21-15(13)17(20)10-5-4-8-14(17)12-6-2-1-3-7-12/h1-3,6-7,9,11,14,20H,4-5,8,10H2,(H,18,19). The van der Waals surface area contributed by atoms with Gasteiger partial charge in [-0.25, -0.2) is 4.79 Å². The number of carbonyl (C=O) groups is 1. The van der Waals surface area contributed by atoms with Crippen molar-refractivity contribution in [1.82, 2.24) is 0 Å². The minimum Gasteiger partial charge on any atom is -0.478 e. The maximum atomic E-state index is 11.4. The number of carboxylic acid groups (broad SMARTS) is 1. The van der Waals surface area contributed by atoms with E-state index in [2.05, 4.69) is 0 Å². The van der Waals surface area contributed by atoms with Gasteiger partial charge in [0.25, 0.3) is 0 Å². The first-order valence-electron chi connectivity index (χ1n) is 7.21. The van der Waals surface area contributed by atoms with Gasteiger partial charge < -0.3 is 10.2 Å². The van der Waals surface area contributed by atoms with Crippen LogP contribution < -0.4 is 0 Å². The number of thiophene rings is 1. The lowest BCUT2D eigenvalue weighted by atomic mass is 9.70. The zero-order valence-corrected chi connectivity index (χ0v) is 12.5. The Morgan fingerprint density at radius 2 is 1.95 bits per heavy atom. The van der Waals surface area contributed by atoms with Crippen molar-refractivity contribution >= 4 is 17.3 Å². The van der Waals surface area contributed by atoms with E-state index < -0.39 is 11.6 Å². The Bertz CT molecular complexity index is 634. The molecule has 21 heavy (non-hydrogen) atoms. The molecule has 1 fully saturated rings. The largest absolute Gasteiger partial charge is 0.478 e. The molecule has 1 aromatic heterocycles. The van der Waals surface area contributed by atoms with Crippen molar-refractivity contribution in [2.75, 3.05) is 0 Å². The molecule has 0 spiro atoms. The summed E-state index contributed by atoms with van der Waals surface area (Å²) in [7, 11) is 0. The molecule has 0 saturated heterocycles. The zero-order valence-electron chi connectivity index (χ0n) is 11.7. The first-order chi connectivity index (χ1) is 10.1. The van der Waals surface area contributed by atoms with Gasteiger partial charge in [-0.1, -0.05) is 43.2 Å². The molecule has 1 heterocycles. The molecule has 0 radical (unpaired) electrons. The molecular formula is C17H18O3S. The second kappa shape index (κ2) is 5.62. The van der Waals surface area contributed by atoms with Crippen molar-refractivity contribution < 1.29 is 15.0 Å². The highest BCUT2D eigenvalue weighted by molar-refractivity contribution is 7.10. The van der Waals surface area contributed by atoms with E-state index in [0.29, 0.717) is 11.3 Å². The molecule has 2 N–H and O–H groups in total. The molecule has 0 amide bonds. The van der Waals surface area contributed by atoms with Gasteiger partial charge in [0.2, 0.25) is 0 Å². The minimum atomic E-state index is -1.07. The first-order valence-corrected chi connectivity index (χ1v) is 8.09. The molecule has 3 rings (SSSR count). The van der Waals surface area contributed by atoms with Crippen molar-refractivity contribution in [3.63, 3.8) is 0 Å². The Morgan fingerprint density at radius 3 is 2.67 bits per heavy atom. The van der Waals surface area contributed by atoms with Crippen molar-refractivity contribution in [3.05, 3.63) is 57.8 Å². The molecule has 2 atom stereocenters. The van der Waals surface area contributed by atoms with Gasteiger partial charge in [-0.05, 0) is 29.9 Å². The van der Waals surface area contributed by atoms with Gasteiger partial charge in [0.1, 0.15) is 5.60 Å². The number of aromatic carboxylic acids is 1. The summed E-state index contributed by atoms with van der Waals surface area (Å²) in [4.78, 5) is 12.0. The zero-order chi connectivity index (χ0) is 14.9. The molecule has 2 unspecified atom stereocenters.